The van der Waals surface area contributed by atoms with Crippen molar-refractivity contribution in [1.82, 2.24) is 15.3 Å². The van der Waals surface area contributed by atoms with Gasteiger partial charge in [0.05, 0.1) is 18.1 Å². The highest BCUT2D eigenvalue weighted by Gasteiger charge is 2.15. The number of amides is 1. The van der Waals surface area contributed by atoms with Crippen LogP contribution in [0, 0.1) is 11.6 Å². The van der Waals surface area contributed by atoms with Gasteiger partial charge in [-0.25, -0.2) is 13.8 Å². The average molecular weight is 329 g/mol. The van der Waals surface area contributed by atoms with Gasteiger partial charge in [-0.2, -0.15) is 0 Å². The predicted molar refractivity (Wildman–Crippen MR) is 83.6 cm³/mol. The van der Waals surface area contributed by atoms with Gasteiger partial charge in [0.1, 0.15) is 5.69 Å². The molecule has 5 nitrogen and oxygen atoms in total. The molecular formula is C17H13F2N3O2. The minimum absolute atomic E-state index is 0.115. The average Bonchev–Trinajstić information content (AvgIpc) is 2.61. The van der Waals surface area contributed by atoms with Crippen LogP contribution in [0.4, 0.5) is 8.78 Å². The van der Waals surface area contributed by atoms with Crippen LogP contribution in [0.3, 0.4) is 0 Å². The van der Waals surface area contributed by atoms with Crippen LogP contribution in [0.1, 0.15) is 16.1 Å². The molecule has 2 aromatic heterocycles. The molecule has 3 aromatic rings. The molecule has 122 valence electrons. The molecule has 0 saturated carbocycles. The Morgan fingerprint density at radius 2 is 2.00 bits per heavy atom. The number of methoxy groups -OCH3 is 1. The summed E-state index contributed by atoms with van der Waals surface area (Å²) in [5.74, 6) is -2.58. The van der Waals surface area contributed by atoms with Crippen LogP contribution < -0.4 is 10.1 Å². The van der Waals surface area contributed by atoms with Crippen molar-refractivity contribution in [3.63, 3.8) is 0 Å². The topological polar surface area (TPSA) is 64.1 Å². The molecule has 0 aliphatic carbocycles. The number of aromatic nitrogens is 2. The summed E-state index contributed by atoms with van der Waals surface area (Å²) < 4.78 is 32.1. The molecule has 0 aliphatic rings. The second-order valence-corrected chi connectivity index (χ2v) is 4.97. The Morgan fingerprint density at radius 1 is 1.17 bits per heavy atom. The highest BCUT2D eigenvalue weighted by Crippen LogP contribution is 2.24. The zero-order valence-corrected chi connectivity index (χ0v) is 12.7. The first-order valence-electron chi connectivity index (χ1n) is 7.11. The molecule has 1 amide bonds. The van der Waals surface area contributed by atoms with Crippen molar-refractivity contribution < 1.29 is 18.3 Å². The fourth-order valence-electron chi connectivity index (χ4n) is 2.25. The second-order valence-electron chi connectivity index (χ2n) is 4.97. The van der Waals surface area contributed by atoms with Crippen molar-refractivity contribution in [2.75, 3.05) is 7.11 Å². The summed E-state index contributed by atoms with van der Waals surface area (Å²) in [7, 11) is 1.18. The lowest BCUT2D eigenvalue weighted by molar-refractivity contribution is 0.0946. The van der Waals surface area contributed by atoms with E-state index in [2.05, 4.69) is 20.0 Å². The largest absolute Gasteiger partial charge is 0.491 e. The van der Waals surface area contributed by atoms with Gasteiger partial charge in [-0.05, 0) is 30.3 Å². The molecule has 1 aromatic carbocycles. The van der Waals surface area contributed by atoms with Crippen molar-refractivity contribution >= 4 is 16.9 Å². The first-order chi connectivity index (χ1) is 11.6. The third-order valence-corrected chi connectivity index (χ3v) is 3.46. The number of fused-ring (bicyclic) bond motifs is 1. The third-order valence-electron chi connectivity index (χ3n) is 3.46. The number of hydrogen-bond donors (Lipinski definition) is 1. The third kappa shape index (κ3) is 3.01. The number of nitrogens with zero attached hydrogens (tertiary/aromatic N) is 2. The summed E-state index contributed by atoms with van der Waals surface area (Å²) in [6.07, 6.45) is 1.63. The van der Waals surface area contributed by atoms with Gasteiger partial charge in [-0.15, -0.1) is 0 Å². The van der Waals surface area contributed by atoms with E-state index in [4.69, 9.17) is 0 Å². The molecule has 0 radical (unpaired) electrons. The molecule has 0 bridgehead atoms. The quantitative estimate of drug-likeness (QED) is 0.799. The first kappa shape index (κ1) is 15.8. The molecular weight excluding hydrogens is 316 g/mol. The molecule has 7 heteroatoms. The van der Waals surface area contributed by atoms with Crippen molar-refractivity contribution in [3.8, 4) is 5.75 Å². The molecule has 0 atom stereocenters. The number of pyridine rings is 2. The van der Waals surface area contributed by atoms with Crippen LogP contribution in [0.2, 0.25) is 0 Å². The standard InChI is InChI=1S/C17H13F2N3O2/c1-24-16-11(18)5-4-10(15(16)19)9-21-17(23)14-7-6-12-13(22-14)3-2-8-20-12/h2-8H,9H2,1H3,(H,21,23). The zero-order chi connectivity index (χ0) is 17.1. The Kier molecular flexibility index (Phi) is 4.33. The highest BCUT2D eigenvalue weighted by atomic mass is 19.1. The summed E-state index contributed by atoms with van der Waals surface area (Å²) in [6.45, 7) is -0.117. The van der Waals surface area contributed by atoms with E-state index in [0.29, 0.717) is 11.0 Å². The second kappa shape index (κ2) is 6.57. The van der Waals surface area contributed by atoms with E-state index >= 15 is 0 Å². The lowest BCUT2D eigenvalue weighted by atomic mass is 10.2. The maximum atomic E-state index is 14.1. The summed E-state index contributed by atoms with van der Waals surface area (Å²) in [6, 6.07) is 9.01. The number of carbonyl (C=O) groups excluding carboxylic acids is 1. The molecule has 0 spiro atoms. The van der Waals surface area contributed by atoms with Crippen molar-refractivity contribution in [2.45, 2.75) is 6.54 Å². The van der Waals surface area contributed by atoms with Crippen molar-refractivity contribution in [3.05, 3.63) is 65.5 Å². The highest BCUT2D eigenvalue weighted by molar-refractivity contribution is 5.94. The maximum absolute atomic E-state index is 14.1. The Bertz CT molecular complexity index is 915. The lowest BCUT2D eigenvalue weighted by Crippen LogP contribution is -2.24. The summed E-state index contributed by atoms with van der Waals surface area (Å²) >= 11 is 0. The monoisotopic (exact) mass is 329 g/mol. The maximum Gasteiger partial charge on any atom is 0.270 e. The van der Waals surface area contributed by atoms with Gasteiger partial charge in [-0.3, -0.25) is 9.78 Å². The molecule has 0 aliphatic heterocycles. The van der Waals surface area contributed by atoms with Crippen molar-refractivity contribution in [2.24, 2.45) is 0 Å². The number of nitrogens with one attached hydrogen (secondary N) is 1. The summed E-state index contributed by atoms with van der Waals surface area (Å²) in [4.78, 5) is 20.5. The molecule has 0 saturated heterocycles. The normalized spacial score (nSPS) is 10.6. The van der Waals surface area contributed by atoms with E-state index in [1.165, 1.54) is 19.2 Å². The van der Waals surface area contributed by atoms with Crippen LogP contribution in [0.15, 0.2) is 42.6 Å². The van der Waals surface area contributed by atoms with Crippen LogP contribution in [0.25, 0.3) is 11.0 Å². The number of rotatable bonds is 4. The van der Waals surface area contributed by atoms with Gasteiger partial charge in [0.2, 0.25) is 0 Å². The Hall–Kier alpha value is -3.09. The van der Waals surface area contributed by atoms with E-state index in [0.717, 1.165) is 6.07 Å². The van der Waals surface area contributed by atoms with Gasteiger partial charge in [0.25, 0.3) is 5.91 Å². The Morgan fingerprint density at radius 3 is 2.79 bits per heavy atom. The van der Waals surface area contributed by atoms with E-state index in [9.17, 15) is 13.6 Å². The number of hydrogen-bond acceptors (Lipinski definition) is 4. The van der Waals surface area contributed by atoms with Gasteiger partial charge < -0.3 is 10.1 Å². The number of ether oxygens (including phenoxy) is 1. The molecule has 24 heavy (non-hydrogen) atoms. The van der Waals surface area contributed by atoms with Crippen LogP contribution in [-0.2, 0) is 6.54 Å². The molecule has 2 heterocycles. The summed E-state index contributed by atoms with van der Waals surface area (Å²) in [5, 5.41) is 2.55. The van der Waals surface area contributed by atoms with Gasteiger partial charge in [0.15, 0.2) is 17.4 Å². The van der Waals surface area contributed by atoms with E-state index in [1.807, 2.05) is 0 Å². The van der Waals surface area contributed by atoms with Crippen LogP contribution in [-0.4, -0.2) is 23.0 Å². The van der Waals surface area contributed by atoms with Crippen LogP contribution in [0.5, 0.6) is 5.75 Å². The smallest absolute Gasteiger partial charge is 0.270 e. The molecule has 1 N–H and O–H groups in total. The SMILES string of the molecule is COc1c(F)ccc(CNC(=O)c2ccc3ncccc3n2)c1F. The molecule has 3 rings (SSSR count). The first-order valence-corrected chi connectivity index (χ1v) is 7.11. The fraction of sp³-hybridized carbons (Fsp3) is 0.118. The van der Waals surface area contributed by atoms with Crippen LogP contribution >= 0.6 is 0 Å². The number of benzene rings is 1. The van der Waals surface area contributed by atoms with Gasteiger partial charge >= 0.3 is 0 Å². The minimum atomic E-state index is -0.839. The van der Waals surface area contributed by atoms with E-state index < -0.39 is 23.3 Å². The molecule has 0 unspecified atom stereocenters. The van der Waals surface area contributed by atoms with E-state index in [-0.39, 0.29) is 17.8 Å². The lowest BCUT2D eigenvalue weighted by Gasteiger charge is -2.09. The van der Waals surface area contributed by atoms with Crippen molar-refractivity contribution in [1.29, 1.82) is 0 Å². The van der Waals surface area contributed by atoms with Gasteiger partial charge in [-0.1, -0.05) is 6.07 Å². The summed E-state index contributed by atoms with van der Waals surface area (Å²) in [5.41, 5.74) is 1.55. The van der Waals surface area contributed by atoms with E-state index in [1.54, 1.807) is 24.4 Å². The molecule has 0 fully saturated rings. The predicted octanol–water partition coefficient (Wildman–Crippen LogP) is 2.85. The zero-order valence-electron chi connectivity index (χ0n) is 12.7. The fourth-order valence-corrected chi connectivity index (χ4v) is 2.25. The Labute approximate surface area is 136 Å². The van der Waals surface area contributed by atoms with Gasteiger partial charge in [0, 0.05) is 18.3 Å². The number of halogens is 2. The Balaban J connectivity index is 1.77. The number of carbonyl (C=O) groups is 1. The minimum Gasteiger partial charge on any atom is -0.491 e.